The van der Waals surface area contributed by atoms with Crippen LogP contribution in [0, 0.1) is 0 Å². The number of likely N-dealkylation sites (tertiary alicyclic amines) is 1. The molecule has 25 heavy (non-hydrogen) atoms. The number of nitrogens with zero attached hydrogens (tertiary/aromatic N) is 1. The molecule has 136 valence electrons. The molecule has 3 nitrogen and oxygen atoms in total. The van der Waals surface area contributed by atoms with Gasteiger partial charge in [-0.25, -0.2) is 0 Å². The molecule has 4 heteroatoms. The number of fused-ring (bicyclic) bond motifs is 1. The first-order chi connectivity index (χ1) is 12.1. The minimum atomic E-state index is 0.174. The zero-order valence-corrected chi connectivity index (χ0v) is 16.3. The maximum Gasteiger partial charge on any atom is 0.230 e. The van der Waals surface area contributed by atoms with E-state index in [0.29, 0.717) is 11.8 Å². The predicted molar refractivity (Wildman–Crippen MR) is 106 cm³/mol. The van der Waals surface area contributed by atoms with Crippen molar-refractivity contribution >= 4 is 17.7 Å². The van der Waals surface area contributed by atoms with Crippen molar-refractivity contribution in [3.63, 3.8) is 0 Å². The molecule has 1 heterocycles. The molecule has 0 atom stereocenters. The van der Waals surface area contributed by atoms with Gasteiger partial charge < -0.3 is 5.32 Å². The van der Waals surface area contributed by atoms with Crippen molar-refractivity contribution < 1.29 is 4.79 Å². The average Bonchev–Trinajstić information content (AvgIpc) is 3.07. The number of benzene rings is 1. The molecule has 1 aromatic carbocycles. The topological polar surface area (TPSA) is 32.3 Å². The molecule has 1 aliphatic heterocycles. The van der Waals surface area contributed by atoms with Gasteiger partial charge in [-0.3, -0.25) is 9.69 Å². The van der Waals surface area contributed by atoms with E-state index in [4.69, 9.17) is 0 Å². The van der Waals surface area contributed by atoms with Crippen molar-refractivity contribution in [1.29, 1.82) is 0 Å². The molecule has 0 spiro atoms. The smallest absolute Gasteiger partial charge is 0.230 e. The molecule has 0 unspecified atom stereocenters. The van der Waals surface area contributed by atoms with E-state index in [1.807, 2.05) is 0 Å². The van der Waals surface area contributed by atoms with Gasteiger partial charge >= 0.3 is 0 Å². The van der Waals surface area contributed by atoms with Crippen molar-refractivity contribution in [1.82, 2.24) is 10.2 Å². The minimum Gasteiger partial charge on any atom is -0.353 e. The van der Waals surface area contributed by atoms with Crippen LogP contribution in [0.4, 0.5) is 0 Å². The number of piperidine rings is 1. The first-order valence-corrected chi connectivity index (χ1v) is 10.5. The van der Waals surface area contributed by atoms with E-state index in [0.717, 1.165) is 32.5 Å². The van der Waals surface area contributed by atoms with Crippen molar-refractivity contribution in [3.8, 4) is 0 Å². The fourth-order valence-electron chi connectivity index (χ4n) is 3.63. The summed E-state index contributed by atoms with van der Waals surface area (Å²) in [6, 6.07) is 7.03. The molecular weight excluding hydrogens is 328 g/mol. The van der Waals surface area contributed by atoms with Crippen LogP contribution in [0.25, 0.3) is 0 Å². The van der Waals surface area contributed by atoms with E-state index >= 15 is 0 Å². The van der Waals surface area contributed by atoms with Gasteiger partial charge in [0, 0.05) is 30.6 Å². The number of allylic oxidation sites excluding steroid dienone is 1. The molecule has 3 rings (SSSR count). The summed E-state index contributed by atoms with van der Waals surface area (Å²) in [5.41, 5.74) is 4.35. The lowest BCUT2D eigenvalue weighted by Crippen LogP contribution is -2.45. The Morgan fingerprint density at radius 3 is 2.76 bits per heavy atom. The summed E-state index contributed by atoms with van der Waals surface area (Å²) in [7, 11) is 0. The molecule has 1 aliphatic carbocycles. The third-order valence-electron chi connectivity index (χ3n) is 5.15. The molecule has 2 aliphatic rings. The molecule has 1 amide bonds. The van der Waals surface area contributed by atoms with Gasteiger partial charge in [0.05, 0.1) is 5.75 Å². The van der Waals surface area contributed by atoms with Crippen molar-refractivity contribution in [2.45, 2.75) is 56.9 Å². The maximum absolute atomic E-state index is 12.3. The lowest BCUT2D eigenvalue weighted by atomic mass is 10.0. The molecular formula is C21H30N2OS. The number of hydrogen-bond acceptors (Lipinski definition) is 3. The van der Waals surface area contributed by atoms with E-state index < -0.39 is 0 Å². The van der Waals surface area contributed by atoms with Crippen LogP contribution in [0.5, 0.6) is 0 Å². The second kappa shape index (κ2) is 8.91. The molecule has 1 N–H and O–H groups in total. The minimum absolute atomic E-state index is 0.174. The second-order valence-electron chi connectivity index (χ2n) is 7.50. The van der Waals surface area contributed by atoms with Crippen molar-refractivity contribution in [2.24, 2.45) is 0 Å². The van der Waals surface area contributed by atoms with Gasteiger partial charge in [-0.2, -0.15) is 0 Å². The normalized spacial score (nSPS) is 18.0. The van der Waals surface area contributed by atoms with Gasteiger partial charge in [-0.05, 0) is 69.2 Å². The highest BCUT2D eigenvalue weighted by atomic mass is 32.2. The number of nitrogens with one attached hydrogen (secondary N) is 1. The third kappa shape index (κ3) is 5.61. The van der Waals surface area contributed by atoms with E-state index in [1.165, 1.54) is 40.9 Å². The lowest BCUT2D eigenvalue weighted by molar-refractivity contribution is -0.119. The summed E-state index contributed by atoms with van der Waals surface area (Å²) >= 11 is 1.66. The Morgan fingerprint density at radius 1 is 1.24 bits per heavy atom. The van der Waals surface area contributed by atoms with Gasteiger partial charge in [0.15, 0.2) is 0 Å². The summed E-state index contributed by atoms with van der Waals surface area (Å²) in [5, 5.41) is 3.23. The van der Waals surface area contributed by atoms with E-state index in [2.05, 4.69) is 48.3 Å². The Bertz CT molecular complexity index is 629. The van der Waals surface area contributed by atoms with E-state index in [1.54, 1.807) is 11.8 Å². The summed E-state index contributed by atoms with van der Waals surface area (Å²) in [5.74, 6) is 0.699. The highest BCUT2D eigenvalue weighted by molar-refractivity contribution is 8.00. The Morgan fingerprint density at radius 2 is 2.00 bits per heavy atom. The fraction of sp³-hybridized carbons (Fsp3) is 0.571. The number of hydrogen-bond donors (Lipinski definition) is 1. The van der Waals surface area contributed by atoms with Crippen LogP contribution in [0.3, 0.4) is 0 Å². The summed E-state index contributed by atoms with van der Waals surface area (Å²) in [6.07, 6.45) is 8.09. The summed E-state index contributed by atoms with van der Waals surface area (Å²) < 4.78 is 0. The zero-order chi connectivity index (χ0) is 17.6. The van der Waals surface area contributed by atoms with Gasteiger partial charge in [-0.15, -0.1) is 11.8 Å². The number of carbonyl (C=O) groups excluding carboxylic acids is 1. The van der Waals surface area contributed by atoms with Crippen LogP contribution in [-0.4, -0.2) is 42.2 Å². The molecule has 1 saturated heterocycles. The fourth-order valence-corrected chi connectivity index (χ4v) is 4.40. The molecule has 1 fully saturated rings. The van der Waals surface area contributed by atoms with E-state index in [-0.39, 0.29) is 5.91 Å². The SMILES string of the molecule is CC(C)=CCN1CCC(NC(=O)CSc2ccc3c(c2)CCC3)CC1. The average molecular weight is 359 g/mol. The molecule has 1 aromatic rings. The summed E-state index contributed by atoms with van der Waals surface area (Å²) in [6.45, 7) is 7.48. The monoisotopic (exact) mass is 358 g/mol. The molecule has 0 bridgehead atoms. The van der Waals surface area contributed by atoms with Crippen LogP contribution in [0.1, 0.15) is 44.2 Å². The van der Waals surface area contributed by atoms with Gasteiger partial charge in [0.1, 0.15) is 0 Å². The Kier molecular flexibility index (Phi) is 6.60. The number of aryl methyl sites for hydroxylation is 2. The van der Waals surface area contributed by atoms with Crippen molar-refractivity contribution in [2.75, 3.05) is 25.4 Å². The standard InChI is InChI=1S/C21H30N2OS/c1-16(2)8-11-23-12-9-19(10-13-23)22-21(24)15-25-20-7-6-17-4-3-5-18(17)14-20/h6-8,14,19H,3-5,9-13,15H2,1-2H3,(H,22,24). The van der Waals surface area contributed by atoms with Gasteiger partial charge in [-0.1, -0.05) is 17.7 Å². The highest BCUT2D eigenvalue weighted by Gasteiger charge is 2.20. The van der Waals surface area contributed by atoms with E-state index in [9.17, 15) is 4.79 Å². The van der Waals surface area contributed by atoms with Crippen molar-refractivity contribution in [3.05, 3.63) is 41.0 Å². The van der Waals surface area contributed by atoms with Crippen LogP contribution in [-0.2, 0) is 17.6 Å². The quantitative estimate of drug-likeness (QED) is 0.620. The Balaban J connectivity index is 1.38. The number of carbonyl (C=O) groups is 1. The van der Waals surface area contributed by atoms with Crippen LogP contribution >= 0.6 is 11.8 Å². The Labute approximate surface area is 156 Å². The van der Waals surface area contributed by atoms with Gasteiger partial charge in [0.25, 0.3) is 0 Å². The largest absolute Gasteiger partial charge is 0.353 e. The molecule has 0 radical (unpaired) electrons. The maximum atomic E-state index is 12.3. The first kappa shape index (κ1) is 18.5. The van der Waals surface area contributed by atoms with Crippen LogP contribution in [0.2, 0.25) is 0 Å². The van der Waals surface area contributed by atoms with Gasteiger partial charge in [0.2, 0.25) is 5.91 Å². The lowest BCUT2D eigenvalue weighted by Gasteiger charge is -2.31. The highest BCUT2D eigenvalue weighted by Crippen LogP contribution is 2.27. The zero-order valence-electron chi connectivity index (χ0n) is 15.5. The number of amides is 1. The second-order valence-corrected chi connectivity index (χ2v) is 8.55. The Hall–Kier alpha value is -1.26. The summed E-state index contributed by atoms with van der Waals surface area (Å²) in [4.78, 5) is 16.0. The number of thioether (sulfide) groups is 1. The van der Waals surface area contributed by atoms with Crippen LogP contribution < -0.4 is 5.32 Å². The third-order valence-corrected chi connectivity index (χ3v) is 6.14. The first-order valence-electron chi connectivity index (χ1n) is 9.50. The number of rotatable bonds is 6. The predicted octanol–water partition coefficient (Wildman–Crippen LogP) is 3.81. The molecule has 0 aromatic heterocycles. The molecule has 0 saturated carbocycles. The van der Waals surface area contributed by atoms with Crippen LogP contribution in [0.15, 0.2) is 34.7 Å².